The molecule has 0 fully saturated rings. The summed E-state index contributed by atoms with van der Waals surface area (Å²) in [5, 5.41) is 9.06. The van der Waals surface area contributed by atoms with Crippen molar-refractivity contribution < 1.29 is 32.3 Å². The maximum Gasteiger partial charge on any atom is 0.383 e. The molecule has 1 aromatic carbocycles. The number of alkyl halides is 4. The van der Waals surface area contributed by atoms with Crippen LogP contribution in [0.15, 0.2) is 24.3 Å². The van der Waals surface area contributed by atoms with Crippen molar-refractivity contribution in [2.24, 2.45) is 0 Å². The zero-order valence-corrected chi connectivity index (χ0v) is 10.6. The van der Waals surface area contributed by atoms with Crippen LogP contribution in [0.2, 0.25) is 0 Å². The number of hydrogen-bond donors (Lipinski definition) is 1. The Morgan fingerprint density at radius 1 is 1.24 bits per heavy atom. The molecule has 1 atom stereocenters. The van der Waals surface area contributed by atoms with Crippen molar-refractivity contribution in [1.82, 2.24) is 4.90 Å². The van der Waals surface area contributed by atoms with Crippen LogP contribution in [0.3, 0.4) is 0 Å². The van der Waals surface area contributed by atoms with Crippen LogP contribution in [-0.4, -0.2) is 40.3 Å². The maximum absolute atomic E-state index is 13.2. The maximum atomic E-state index is 13.2. The summed E-state index contributed by atoms with van der Waals surface area (Å²) in [6, 6.07) is 4.79. The Morgan fingerprint density at radius 2 is 1.81 bits per heavy atom. The second-order valence-corrected chi connectivity index (χ2v) is 4.68. The average Bonchev–Trinajstić information content (AvgIpc) is 2.44. The van der Waals surface area contributed by atoms with Crippen molar-refractivity contribution >= 4 is 11.9 Å². The van der Waals surface area contributed by atoms with Crippen LogP contribution in [0.4, 0.5) is 17.6 Å². The fourth-order valence-electron chi connectivity index (χ4n) is 2.24. The van der Waals surface area contributed by atoms with Crippen molar-refractivity contribution in [3.8, 4) is 0 Å². The van der Waals surface area contributed by atoms with E-state index >= 15 is 0 Å². The number of carboxylic acid groups (broad SMARTS) is 1. The predicted octanol–water partition coefficient (Wildman–Crippen LogP) is 1.92. The lowest BCUT2D eigenvalue weighted by Crippen LogP contribution is -2.55. The molecule has 21 heavy (non-hydrogen) atoms. The quantitative estimate of drug-likeness (QED) is 0.868. The van der Waals surface area contributed by atoms with Crippen LogP contribution in [0, 0.1) is 0 Å². The van der Waals surface area contributed by atoms with Gasteiger partial charge in [0.2, 0.25) is 0 Å². The highest BCUT2D eigenvalue weighted by molar-refractivity contribution is 5.89. The molecule has 4 nitrogen and oxygen atoms in total. The Kier molecular flexibility index (Phi) is 3.89. The van der Waals surface area contributed by atoms with E-state index in [1.54, 1.807) is 18.2 Å². The van der Waals surface area contributed by atoms with E-state index in [1.165, 1.54) is 6.07 Å². The summed E-state index contributed by atoms with van der Waals surface area (Å²) in [5.41, 5.74) is 1.06. The molecule has 114 valence electrons. The fraction of sp³-hybridized carbons (Fsp3) is 0.385. The van der Waals surface area contributed by atoms with Crippen molar-refractivity contribution in [2.75, 3.05) is 0 Å². The Hall–Kier alpha value is -2.12. The molecule has 1 aliphatic rings. The van der Waals surface area contributed by atoms with Crippen LogP contribution in [0.25, 0.3) is 0 Å². The number of rotatable bonds is 3. The number of carbonyl (C=O) groups excluding carboxylic acids is 1. The average molecular weight is 305 g/mol. The van der Waals surface area contributed by atoms with Gasteiger partial charge in [-0.25, -0.2) is 13.6 Å². The highest BCUT2D eigenvalue weighted by Crippen LogP contribution is 2.31. The van der Waals surface area contributed by atoms with Gasteiger partial charge >= 0.3 is 18.3 Å². The molecule has 2 rings (SSSR count). The second-order valence-electron chi connectivity index (χ2n) is 4.68. The molecular formula is C13H11F4NO3. The Balaban J connectivity index is 2.37. The molecule has 1 amide bonds. The first kappa shape index (κ1) is 15.3. The van der Waals surface area contributed by atoms with Gasteiger partial charge in [-0.3, -0.25) is 4.79 Å². The van der Waals surface area contributed by atoms with Crippen molar-refractivity contribution in [3.05, 3.63) is 35.4 Å². The van der Waals surface area contributed by atoms with E-state index < -0.39 is 36.8 Å². The smallest absolute Gasteiger partial charge is 0.383 e. The van der Waals surface area contributed by atoms with Crippen molar-refractivity contribution in [1.29, 1.82) is 0 Å². The third kappa shape index (κ3) is 2.70. The fourth-order valence-corrected chi connectivity index (χ4v) is 2.24. The molecule has 0 bridgehead atoms. The first-order valence-corrected chi connectivity index (χ1v) is 6.01. The van der Waals surface area contributed by atoms with E-state index in [9.17, 15) is 27.2 Å². The first-order chi connectivity index (χ1) is 9.75. The van der Waals surface area contributed by atoms with E-state index in [1.807, 2.05) is 0 Å². The molecule has 0 saturated carbocycles. The third-order valence-corrected chi connectivity index (χ3v) is 3.35. The van der Waals surface area contributed by atoms with E-state index in [-0.39, 0.29) is 6.42 Å². The summed E-state index contributed by atoms with van der Waals surface area (Å²) in [4.78, 5) is 23.1. The van der Waals surface area contributed by atoms with Gasteiger partial charge in [-0.1, -0.05) is 24.3 Å². The number of carboxylic acids is 1. The number of carbonyl (C=O) groups is 2. The van der Waals surface area contributed by atoms with Gasteiger partial charge in [0.15, 0.2) is 0 Å². The summed E-state index contributed by atoms with van der Waals surface area (Å²) >= 11 is 0. The Labute approximate surface area is 117 Å². The molecule has 1 N–H and O–H groups in total. The van der Waals surface area contributed by atoms with Gasteiger partial charge in [0.25, 0.3) is 5.91 Å². The van der Waals surface area contributed by atoms with Gasteiger partial charge in [0.05, 0.1) is 0 Å². The van der Waals surface area contributed by atoms with Crippen LogP contribution in [-0.2, 0) is 22.6 Å². The molecule has 0 aliphatic carbocycles. The largest absolute Gasteiger partial charge is 0.480 e. The number of fused-ring (bicyclic) bond motifs is 1. The van der Waals surface area contributed by atoms with E-state index in [0.29, 0.717) is 16.0 Å². The SMILES string of the molecule is O=C(O)[C@H]1Cc2ccccc2CN1C(=O)C(F)(F)C(F)F. The minimum atomic E-state index is -4.90. The molecular weight excluding hydrogens is 294 g/mol. The van der Waals surface area contributed by atoms with Gasteiger partial charge in [-0.2, -0.15) is 8.78 Å². The number of halogens is 4. The van der Waals surface area contributed by atoms with Crippen LogP contribution >= 0.6 is 0 Å². The lowest BCUT2D eigenvalue weighted by Gasteiger charge is -2.36. The molecule has 1 aromatic rings. The van der Waals surface area contributed by atoms with Crippen molar-refractivity contribution in [2.45, 2.75) is 31.4 Å². The molecule has 0 radical (unpaired) electrons. The zero-order chi connectivity index (χ0) is 15.8. The minimum Gasteiger partial charge on any atom is -0.480 e. The number of benzene rings is 1. The van der Waals surface area contributed by atoms with E-state index in [0.717, 1.165) is 0 Å². The Bertz CT molecular complexity index is 576. The molecule has 1 aliphatic heterocycles. The zero-order valence-electron chi connectivity index (χ0n) is 10.6. The van der Waals surface area contributed by atoms with Crippen LogP contribution in [0.1, 0.15) is 11.1 Å². The number of aliphatic carboxylic acids is 1. The molecule has 1 heterocycles. The normalized spacial score (nSPS) is 18.5. The lowest BCUT2D eigenvalue weighted by atomic mass is 9.93. The summed E-state index contributed by atoms with van der Waals surface area (Å²) in [6.45, 7) is -0.436. The molecule has 8 heteroatoms. The van der Waals surface area contributed by atoms with Crippen LogP contribution < -0.4 is 0 Å². The molecule has 0 saturated heterocycles. The van der Waals surface area contributed by atoms with Gasteiger partial charge in [0, 0.05) is 13.0 Å². The lowest BCUT2D eigenvalue weighted by molar-refractivity contribution is -0.186. The second kappa shape index (κ2) is 5.34. The number of nitrogens with zero attached hydrogens (tertiary/aromatic N) is 1. The summed E-state index contributed by atoms with van der Waals surface area (Å²) in [5.74, 6) is -8.58. The highest BCUT2D eigenvalue weighted by atomic mass is 19.3. The standard InChI is InChI=1S/C13H11F4NO3/c14-11(15)13(16,17)12(21)18-6-8-4-2-1-3-7(8)5-9(18)10(19)20/h1-4,9,11H,5-6H2,(H,19,20)/t9-/m1/s1. The topological polar surface area (TPSA) is 57.6 Å². The van der Waals surface area contributed by atoms with Gasteiger partial charge < -0.3 is 10.0 Å². The summed E-state index contributed by atoms with van der Waals surface area (Å²) in [6.07, 6.45) is -4.38. The minimum absolute atomic E-state index is 0.198. The van der Waals surface area contributed by atoms with Crippen LogP contribution in [0.5, 0.6) is 0 Å². The van der Waals surface area contributed by atoms with Gasteiger partial charge in [-0.05, 0) is 11.1 Å². The Morgan fingerprint density at radius 3 is 2.33 bits per heavy atom. The number of hydrogen-bond acceptors (Lipinski definition) is 2. The monoisotopic (exact) mass is 305 g/mol. The van der Waals surface area contributed by atoms with Gasteiger partial charge in [0.1, 0.15) is 6.04 Å². The summed E-state index contributed by atoms with van der Waals surface area (Å²) in [7, 11) is 0. The third-order valence-electron chi connectivity index (χ3n) is 3.35. The van der Waals surface area contributed by atoms with Gasteiger partial charge in [-0.15, -0.1) is 0 Å². The van der Waals surface area contributed by atoms with E-state index in [2.05, 4.69) is 0 Å². The number of amides is 1. The highest BCUT2D eigenvalue weighted by Gasteiger charge is 2.53. The molecule has 0 aromatic heterocycles. The molecule has 0 unspecified atom stereocenters. The summed E-state index contributed by atoms with van der Waals surface area (Å²) < 4.78 is 51.0. The first-order valence-electron chi connectivity index (χ1n) is 6.01. The molecule has 0 spiro atoms. The van der Waals surface area contributed by atoms with E-state index in [4.69, 9.17) is 5.11 Å². The van der Waals surface area contributed by atoms with Crippen molar-refractivity contribution in [3.63, 3.8) is 0 Å². The predicted molar refractivity (Wildman–Crippen MR) is 63.1 cm³/mol.